The zero-order valence-electron chi connectivity index (χ0n) is 10.4. The molecular weight excluding hydrogens is 204 g/mol. The molecule has 0 saturated heterocycles. The second-order valence-electron chi connectivity index (χ2n) is 4.52. The number of nitrogens with two attached hydrogens (primary N) is 1. The fraction of sp³-hybridized carbons (Fsp3) is 0.917. The van der Waals surface area contributed by atoms with Gasteiger partial charge < -0.3 is 15.4 Å². The van der Waals surface area contributed by atoms with Crippen molar-refractivity contribution in [2.45, 2.75) is 51.1 Å². The van der Waals surface area contributed by atoms with E-state index in [1.807, 2.05) is 0 Å². The minimum absolute atomic E-state index is 0.119. The van der Waals surface area contributed by atoms with Gasteiger partial charge in [-0.25, -0.2) is 0 Å². The molecule has 0 spiro atoms. The van der Waals surface area contributed by atoms with Gasteiger partial charge in [0.2, 0.25) is 0 Å². The summed E-state index contributed by atoms with van der Waals surface area (Å²) in [4.78, 5) is 13.5. The molecule has 0 unspecified atom stereocenters. The van der Waals surface area contributed by atoms with Crippen LogP contribution in [0.1, 0.15) is 39.0 Å². The van der Waals surface area contributed by atoms with Gasteiger partial charge in [0.25, 0.3) is 0 Å². The van der Waals surface area contributed by atoms with E-state index < -0.39 is 0 Å². The Hall–Kier alpha value is -0.610. The number of hydrogen-bond donors (Lipinski definition) is 1. The largest absolute Gasteiger partial charge is 0.469 e. The predicted octanol–water partition coefficient (Wildman–Crippen LogP) is 1.14. The zero-order chi connectivity index (χ0) is 12.0. The molecule has 0 aromatic rings. The summed E-state index contributed by atoms with van der Waals surface area (Å²) in [6, 6.07) is 0.991. The molecule has 4 nitrogen and oxygen atoms in total. The second kappa shape index (κ2) is 6.86. The van der Waals surface area contributed by atoms with E-state index in [9.17, 15) is 4.79 Å². The van der Waals surface area contributed by atoms with Gasteiger partial charge in [-0.15, -0.1) is 0 Å². The van der Waals surface area contributed by atoms with E-state index in [1.165, 1.54) is 7.11 Å². The standard InChI is InChI=1S/C12H24N2O2/c1-3-14(9-8-12(15)16-2)11-6-4-10(13)5-7-11/h10-11H,3-9,13H2,1-2H3. The van der Waals surface area contributed by atoms with Crippen molar-refractivity contribution >= 4 is 5.97 Å². The van der Waals surface area contributed by atoms with Gasteiger partial charge in [0.05, 0.1) is 13.5 Å². The molecule has 1 rings (SSSR count). The van der Waals surface area contributed by atoms with E-state index >= 15 is 0 Å². The average Bonchev–Trinajstić information content (AvgIpc) is 2.31. The van der Waals surface area contributed by atoms with Crippen molar-refractivity contribution in [3.63, 3.8) is 0 Å². The topological polar surface area (TPSA) is 55.6 Å². The summed E-state index contributed by atoms with van der Waals surface area (Å²) in [5.74, 6) is -0.119. The Balaban J connectivity index is 2.32. The van der Waals surface area contributed by atoms with Crippen molar-refractivity contribution in [2.24, 2.45) is 5.73 Å². The molecule has 1 aliphatic rings. The molecular formula is C12H24N2O2. The summed E-state index contributed by atoms with van der Waals surface area (Å²) >= 11 is 0. The molecule has 94 valence electrons. The number of carbonyl (C=O) groups is 1. The van der Waals surface area contributed by atoms with Crippen LogP contribution in [0.15, 0.2) is 0 Å². The van der Waals surface area contributed by atoms with Crippen LogP contribution in [0.25, 0.3) is 0 Å². The van der Waals surface area contributed by atoms with Gasteiger partial charge >= 0.3 is 5.97 Å². The van der Waals surface area contributed by atoms with Crippen LogP contribution in [0.2, 0.25) is 0 Å². The van der Waals surface area contributed by atoms with Crippen molar-refractivity contribution in [1.82, 2.24) is 4.90 Å². The van der Waals surface area contributed by atoms with E-state index in [-0.39, 0.29) is 5.97 Å². The van der Waals surface area contributed by atoms with Crippen molar-refractivity contribution in [2.75, 3.05) is 20.2 Å². The quantitative estimate of drug-likeness (QED) is 0.717. The molecule has 16 heavy (non-hydrogen) atoms. The summed E-state index contributed by atoms with van der Waals surface area (Å²) < 4.78 is 4.66. The lowest BCUT2D eigenvalue weighted by atomic mass is 9.90. The van der Waals surface area contributed by atoms with E-state index in [4.69, 9.17) is 5.73 Å². The van der Waals surface area contributed by atoms with E-state index in [2.05, 4.69) is 16.6 Å². The summed E-state index contributed by atoms with van der Waals surface area (Å²) in [6.45, 7) is 3.95. The van der Waals surface area contributed by atoms with Crippen LogP contribution in [0.3, 0.4) is 0 Å². The fourth-order valence-corrected chi connectivity index (χ4v) is 2.40. The van der Waals surface area contributed by atoms with E-state index in [1.54, 1.807) is 0 Å². The van der Waals surface area contributed by atoms with Gasteiger partial charge in [0, 0.05) is 18.6 Å². The highest BCUT2D eigenvalue weighted by molar-refractivity contribution is 5.69. The zero-order valence-corrected chi connectivity index (χ0v) is 10.4. The first-order chi connectivity index (χ1) is 7.67. The van der Waals surface area contributed by atoms with Crippen molar-refractivity contribution in [3.8, 4) is 0 Å². The summed E-state index contributed by atoms with van der Waals surface area (Å²) in [5.41, 5.74) is 5.89. The number of ether oxygens (including phenoxy) is 1. The molecule has 0 aromatic heterocycles. The first-order valence-electron chi connectivity index (χ1n) is 6.23. The molecule has 0 heterocycles. The van der Waals surface area contributed by atoms with Crippen LogP contribution < -0.4 is 5.73 Å². The molecule has 0 atom stereocenters. The minimum atomic E-state index is -0.119. The molecule has 0 bridgehead atoms. The van der Waals surface area contributed by atoms with Gasteiger partial charge in [-0.2, -0.15) is 0 Å². The van der Waals surface area contributed by atoms with Crippen LogP contribution in [0, 0.1) is 0 Å². The average molecular weight is 228 g/mol. The number of methoxy groups -OCH3 is 1. The maximum Gasteiger partial charge on any atom is 0.306 e. The summed E-state index contributed by atoms with van der Waals surface area (Å²) in [5, 5.41) is 0. The highest BCUT2D eigenvalue weighted by Gasteiger charge is 2.23. The number of nitrogens with zero attached hydrogens (tertiary/aromatic N) is 1. The molecule has 0 radical (unpaired) electrons. The van der Waals surface area contributed by atoms with Gasteiger partial charge in [0.1, 0.15) is 0 Å². The van der Waals surface area contributed by atoms with Gasteiger partial charge in [-0.1, -0.05) is 6.92 Å². The molecule has 0 aliphatic heterocycles. The van der Waals surface area contributed by atoms with Crippen LogP contribution in [0.5, 0.6) is 0 Å². The van der Waals surface area contributed by atoms with E-state index in [0.717, 1.165) is 38.8 Å². The number of carbonyl (C=O) groups excluding carboxylic acids is 1. The normalized spacial score (nSPS) is 25.8. The summed E-state index contributed by atoms with van der Waals surface area (Å²) in [7, 11) is 1.44. The van der Waals surface area contributed by atoms with Crippen molar-refractivity contribution in [3.05, 3.63) is 0 Å². The molecule has 1 aliphatic carbocycles. The van der Waals surface area contributed by atoms with Crippen LogP contribution in [0.4, 0.5) is 0 Å². The Labute approximate surface area is 98.1 Å². The summed E-state index contributed by atoms with van der Waals surface area (Å²) in [6.07, 6.45) is 5.04. The number of rotatable bonds is 5. The Morgan fingerprint density at radius 1 is 1.38 bits per heavy atom. The third kappa shape index (κ3) is 4.10. The molecule has 0 aromatic carbocycles. The molecule has 0 amide bonds. The molecule has 1 saturated carbocycles. The van der Waals surface area contributed by atoms with Gasteiger partial charge in [-0.3, -0.25) is 4.79 Å². The Bertz CT molecular complexity index is 213. The monoisotopic (exact) mass is 228 g/mol. The molecule has 1 fully saturated rings. The van der Waals surface area contributed by atoms with E-state index in [0.29, 0.717) is 18.5 Å². The SMILES string of the molecule is CCN(CCC(=O)OC)C1CCC(N)CC1. The highest BCUT2D eigenvalue weighted by Crippen LogP contribution is 2.22. The van der Waals surface area contributed by atoms with Gasteiger partial charge in [-0.05, 0) is 32.2 Å². The Kier molecular flexibility index (Phi) is 5.77. The Morgan fingerprint density at radius 2 is 2.00 bits per heavy atom. The van der Waals surface area contributed by atoms with Crippen LogP contribution >= 0.6 is 0 Å². The predicted molar refractivity (Wildman–Crippen MR) is 64.1 cm³/mol. The fourth-order valence-electron chi connectivity index (χ4n) is 2.40. The number of esters is 1. The second-order valence-corrected chi connectivity index (χ2v) is 4.52. The minimum Gasteiger partial charge on any atom is -0.469 e. The van der Waals surface area contributed by atoms with Crippen LogP contribution in [-0.2, 0) is 9.53 Å². The Morgan fingerprint density at radius 3 is 2.50 bits per heavy atom. The highest BCUT2D eigenvalue weighted by atomic mass is 16.5. The third-order valence-electron chi connectivity index (χ3n) is 3.49. The van der Waals surface area contributed by atoms with Crippen molar-refractivity contribution in [1.29, 1.82) is 0 Å². The smallest absolute Gasteiger partial charge is 0.306 e. The first-order valence-corrected chi connectivity index (χ1v) is 6.23. The lowest BCUT2D eigenvalue weighted by Gasteiger charge is -2.35. The third-order valence-corrected chi connectivity index (χ3v) is 3.49. The van der Waals surface area contributed by atoms with Crippen molar-refractivity contribution < 1.29 is 9.53 Å². The molecule has 4 heteroatoms. The van der Waals surface area contributed by atoms with Gasteiger partial charge in [0.15, 0.2) is 0 Å². The maximum atomic E-state index is 11.1. The first kappa shape index (κ1) is 13.5. The molecule has 2 N–H and O–H groups in total. The van der Waals surface area contributed by atoms with Crippen LogP contribution in [-0.4, -0.2) is 43.2 Å². The lowest BCUT2D eigenvalue weighted by Crippen LogP contribution is -2.41. The number of hydrogen-bond acceptors (Lipinski definition) is 4. The maximum absolute atomic E-state index is 11.1. The lowest BCUT2D eigenvalue weighted by molar-refractivity contribution is -0.141.